The maximum atomic E-state index is 13.2. The third-order valence-corrected chi connectivity index (χ3v) is 9.09. The standard InChI is InChI=1S/C36H43N7O2/c1-4-41-21-23-43(24-22-41)30-17-13-28(14-18-30)37-34-36(45)40(3)25-33(38-34)31-9-8-10-32(26(31)2)39-35(44)27-11-15-29(16-12-27)42-19-6-5-7-20-42/h8-18,25H,4-7,19-24H2,1-3H3,(H,37,38)(H,39,44). The highest BCUT2D eigenvalue weighted by Gasteiger charge is 2.18. The molecule has 3 heterocycles. The van der Waals surface area contributed by atoms with Crippen LogP contribution in [0.4, 0.5) is 28.6 Å². The molecule has 0 aliphatic carbocycles. The van der Waals surface area contributed by atoms with Gasteiger partial charge in [-0.3, -0.25) is 9.59 Å². The van der Waals surface area contributed by atoms with Crippen LogP contribution in [0.2, 0.25) is 0 Å². The Hall–Kier alpha value is -4.63. The van der Waals surface area contributed by atoms with Gasteiger partial charge in [0.15, 0.2) is 5.82 Å². The quantitative estimate of drug-likeness (QED) is 0.259. The predicted molar refractivity (Wildman–Crippen MR) is 184 cm³/mol. The van der Waals surface area contributed by atoms with Crippen molar-refractivity contribution in [2.45, 2.75) is 33.1 Å². The van der Waals surface area contributed by atoms with Gasteiger partial charge in [-0.25, -0.2) is 4.98 Å². The lowest BCUT2D eigenvalue weighted by Crippen LogP contribution is -2.46. The van der Waals surface area contributed by atoms with E-state index in [1.54, 1.807) is 17.8 Å². The van der Waals surface area contributed by atoms with Gasteiger partial charge in [-0.1, -0.05) is 19.1 Å². The van der Waals surface area contributed by atoms with Crippen molar-refractivity contribution in [3.8, 4) is 11.3 Å². The van der Waals surface area contributed by atoms with E-state index in [-0.39, 0.29) is 17.3 Å². The van der Waals surface area contributed by atoms with Crippen molar-refractivity contribution in [2.24, 2.45) is 7.05 Å². The monoisotopic (exact) mass is 605 g/mol. The molecule has 0 bridgehead atoms. The predicted octanol–water partition coefficient (Wildman–Crippen LogP) is 5.88. The van der Waals surface area contributed by atoms with E-state index in [1.807, 2.05) is 61.5 Å². The van der Waals surface area contributed by atoms with Crippen LogP contribution in [0.1, 0.15) is 42.1 Å². The van der Waals surface area contributed by atoms with E-state index in [1.165, 1.54) is 24.9 Å². The Morgan fingerprint density at radius 1 is 0.822 bits per heavy atom. The fourth-order valence-electron chi connectivity index (χ4n) is 6.25. The third-order valence-electron chi connectivity index (χ3n) is 9.09. The summed E-state index contributed by atoms with van der Waals surface area (Å²) < 4.78 is 1.54. The van der Waals surface area contributed by atoms with Crippen LogP contribution < -0.4 is 26.0 Å². The van der Waals surface area contributed by atoms with Gasteiger partial charge in [0.05, 0.1) is 5.69 Å². The van der Waals surface area contributed by atoms with E-state index in [0.29, 0.717) is 16.9 Å². The van der Waals surface area contributed by atoms with Crippen molar-refractivity contribution in [1.82, 2.24) is 14.5 Å². The SMILES string of the molecule is CCN1CCN(c2ccc(Nc3nc(-c4cccc(NC(=O)c5ccc(N6CCCCC6)cc5)c4C)cn(C)c3=O)cc2)CC1. The minimum Gasteiger partial charge on any atom is -0.372 e. The lowest BCUT2D eigenvalue weighted by Gasteiger charge is -2.35. The summed E-state index contributed by atoms with van der Waals surface area (Å²) in [7, 11) is 1.73. The van der Waals surface area contributed by atoms with Gasteiger partial charge < -0.3 is 29.9 Å². The summed E-state index contributed by atoms with van der Waals surface area (Å²) in [6.07, 6.45) is 5.45. The largest absolute Gasteiger partial charge is 0.372 e. The van der Waals surface area contributed by atoms with Gasteiger partial charge in [0.1, 0.15) is 0 Å². The second kappa shape index (κ2) is 13.6. The number of carbonyl (C=O) groups excluding carboxylic acids is 1. The molecule has 9 nitrogen and oxygen atoms in total. The molecule has 2 aliphatic heterocycles. The molecule has 2 fully saturated rings. The molecule has 0 atom stereocenters. The first-order chi connectivity index (χ1) is 21.9. The third kappa shape index (κ3) is 6.88. The molecule has 45 heavy (non-hydrogen) atoms. The molecule has 2 saturated heterocycles. The Bertz CT molecular complexity index is 1680. The smallest absolute Gasteiger partial charge is 0.293 e. The zero-order valence-corrected chi connectivity index (χ0v) is 26.6. The number of anilines is 5. The van der Waals surface area contributed by atoms with Crippen molar-refractivity contribution in [3.63, 3.8) is 0 Å². The number of piperidine rings is 1. The Morgan fingerprint density at radius 2 is 1.47 bits per heavy atom. The number of carbonyl (C=O) groups is 1. The lowest BCUT2D eigenvalue weighted by atomic mass is 10.0. The molecule has 9 heteroatoms. The summed E-state index contributed by atoms with van der Waals surface area (Å²) in [6, 6.07) is 21.8. The van der Waals surface area contributed by atoms with Crippen molar-refractivity contribution >= 4 is 34.5 Å². The van der Waals surface area contributed by atoms with Gasteiger partial charge in [0.2, 0.25) is 0 Å². The van der Waals surface area contributed by atoms with Gasteiger partial charge >= 0.3 is 0 Å². The summed E-state index contributed by atoms with van der Waals surface area (Å²) in [6.45, 7) is 11.5. The number of nitrogens with zero attached hydrogens (tertiary/aromatic N) is 5. The minimum atomic E-state index is -0.214. The topological polar surface area (TPSA) is 85.7 Å². The van der Waals surface area contributed by atoms with Crippen LogP contribution in [-0.4, -0.2) is 66.2 Å². The average Bonchev–Trinajstić information content (AvgIpc) is 3.08. The number of likely N-dealkylation sites (N-methyl/N-ethyl adjacent to an activating group) is 1. The first kappa shape index (κ1) is 30.4. The molecular formula is C36H43N7O2. The van der Waals surface area contributed by atoms with E-state index >= 15 is 0 Å². The normalized spacial score (nSPS) is 15.6. The minimum absolute atomic E-state index is 0.160. The van der Waals surface area contributed by atoms with Gasteiger partial charge in [0, 0.05) is 86.4 Å². The second-order valence-corrected chi connectivity index (χ2v) is 12.0. The molecule has 234 valence electrons. The number of aromatic nitrogens is 2. The number of benzene rings is 3. The number of hydrogen-bond acceptors (Lipinski definition) is 7. The number of nitrogens with one attached hydrogen (secondary N) is 2. The summed E-state index contributed by atoms with van der Waals surface area (Å²) in [4.78, 5) is 38.3. The van der Waals surface area contributed by atoms with Gasteiger partial charge in [-0.05, 0) is 92.9 Å². The van der Waals surface area contributed by atoms with E-state index < -0.39 is 0 Å². The molecule has 0 unspecified atom stereocenters. The lowest BCUT2D eigenvalue weighted by molar-refractivity contribution is 0.102. The molecule has 3 aromatic carbocycles. The van der Waals surface area contributed by atoms with Crippen LogP contribution in [0.25, 0.3) is 11.3 Å². The molecular weight excluding hydrogens is 562 g/mol. The van der Waals surface area contributed by atoms with Crippen LogP contribution in [0.15, 0.2) is 77.7 Å². The Morgan fingerprint density at radius 3 is 2.13 bits per heavy atom. The fraction of sp³-hybridized carbons (Fsp3) is 0.361. The number of aryl methyl sites for hydroxylation is 1. The van der Waals surface area contributed by atoms with Crippen molar-refractivity contribution in [1.29, 1.82) is 0 Å². The molecule has 1 amide bonds. The van der Waals surface area contributed by atoms with Gasteiger partial charge in [-0.15, -0.1) is 0 Å². The Balaban J connectivity index is 1.17. The van der Waals surface area contributed by atoms with Crippen molar-refractivity contribution in [3.05, 3.63) is 94.4 Å². The fourth-order valence-corrected chi connectivity index (χ4v) is 6.25. The van der Waals surface area contributed by atoms with Gasteiger partial charge in [-0.2, -0.15) is 0 Å². The highest BCUT2D eigenvalue weighted by atomic mass is 16.1. The first-order valence-corrected chi connectivity index (χ1v) is 16.1. The van der Waals surface area contributed by atoms with E-state index in [9.17, 15) is 9.59 Å². The Labute approximate surface area is 265 Å². The zero-order valence-electron chi connectivity index (χ0n) is 26.6. The van der Waals surface area contributed by atoms with Crippen LogP contribution in [0, 0.1) is 6.92 Å². The summed E-state index contributed by atoms with van der Waals surface area (Å²) in [5.41, 5.74) is 6.61. The Kier molecular flexibility index (Phi) is 9.16. The molecule has 0 saturated carbocycles. The van der Waals surface area contributed by atoms with E-state index in [0.717, 1.165) is 68.3 Å². The maximum absolute atomic E-state index is 13.2. The van der Waals surface area contributed by atoms with Crippen LogP contribution in [-0.2, 0) is 7.05 Å². The van der Waals surface area contributed by atoms with Crippen LogP contribution in [0.5, 0.6) is 0 Å². The number of rotatable bonds is 8. The van der Waals surface area contributed by atoms with Crippen LogP contribution >= 0.6 is 0 Å². The molecule has 0 radical (unpaired) electrons. The van der Waals surface area contributed by atoms with Gasteiger partial charge in [0.25, 0.3) is 11.5 Å². The number of piperazine rings is 1. The van der Waals surface area contributed by atoms with Crippen molar-refractivity contribution < 1.29 is 4.79 Å². The number of hydrogen-bond donors (Lipinski definition) is 2. The summed E-state index contributed by atoms with van der Waals surface area (Å²) in [5.74, 6) is 0.0915. The van der Waals surface area contributed by atoms with E-state index in [2.05, 4.69) is 44.4 Å². The highest BCUT2D eigenvalue weighted by molar-refractivity contribution is 6.05. The summed E-state index contributed by atoms with van der Waals surface area (Å²) in [5, 5.41) is 6.32. The zero-order chi connectivity index (χ0) is 31.3. The average molecular weight is 606 g/mol. The second-order valence-electron chi connectivity index (χ2n) is 12.0. The molecule has 2 aliphatic rings. The maximum Gasteiger partial charge on any atom is 0.293 e. The number of amides is 1. The molecule has 0 spiro atoms. The molecule has 2 N–H and O–H groups in total. The molecule has 6 rings (SSSR count). The molecule has 4 aromatic rings. The highest BCUT2D eigenvalue weighted by Crippen LogP contribution is 2.29. The first-order valence-electron chi connectivity index (χ1n) is 16.1. The summed E-state index contributed by atoms with van der Waals surface area (Å²) >= 11 is 0. The van der Waals surface area contributed by atoms with E-state index in [4.69, 9.17) is 4.98 Å². The molecule has 1 aromatic heterocycles. The van der Waals surface area contributed by atoms with Crippen LogP contribution in [0.3, 0.4) is 0 Å². The van der Waals surface area contributed by atoms with Crippen molar-refractivity contribution in [2.75, 3.05) is 66.2 Å².